The van der Waals surface area contributed by atoms with Gasteiger partial charge in [-0.25, -0.2) is 4.98 Å². The summed E-state index contributed by atoms with van der Waals surface area (Å²) in [5.74, 6) is 1.18. The molecular formula is C15H25N5O. The van der Waals surface area contributed by atoms with Crippen molar-refractivity contribution in [2.24, 2.45) is 4.99 Å². The Kier molecular flexibility index (Phi) is 6.14. The number of aliphatic imine (C=N–C) groups is 1. The molecule has 0 aromatic carbocycles. The van der Waals surface area contributed by atoms with Crippen LogP contribution in [-0.2, 0) is 4.79 Å². The fraction of sp³-hybridized carbons (Fsp3) is 0.533. The van der Waals surface area contributed by atoms with Crippen LogP contribution < -0.4 is 16.0 Å². The number of rotatable bonds is 4. The van der Waals surface area contributed by atoms with Crippen LogP contribution in [0.3, 0.4) is 0 Å². The van der Waals surface area contributed by atoms with Gasteiger partial charge in [0, 0.05) is 31.7 Å². The van der Waals surface area contributed by atoms with Gasteiger partial charge < -0.3 is 16.0 Å². The zero-order valence-corrected chi connectivity index (χ0v) is 13.4. The van der Waals surface area contributed by atoms with Crippen molar-refractivity contribution in [2.75, 3.05) is 18.9 Å². The SMILES string of the molecule is CN=C(NCCC(=O)Nc1ccc(C)cn1)NC(C)(C)C. The monoisotopic (exact) mass is 291 g/mol. The zero-order valence-electron chi connectivity index (χ0n) is 13.4. The molecule has 3 N–H and O–H groups in total. The van der Waals surface area contributed by atoms with Crippen LogP contribution in [0.15, 0.2) is 23.3 Å². The topological polar surface area (TPSA) is 78.4 Å². The number of aromatic nitrogens is 1. The molecule has 1 rings (SSSR count). The van der Waals surface area contributed by atoms with Gasteiger partial charge in [-0.2, -0.15) is 0 Å². The van der Waals surface area contributed by atoms with Gasteiger partial charge in [0.1, 0.15) is 5.82 Å². The first-order valence-electron chi connectivity index (χ1n) is 7.01. The zero-order chi connectivity index (χ0) is 15.9. The van der Waals surface area contributed by atoms with Gasteiger partial charge in [0.25, 0.3) is 0 Å². The van der Waals surface area contributed by atoms with E-state index in [1.165, 1.54) is 0 Å². The highest BCUT2D eigenvalue weighted by atomic mass is 16.1. The van der Waals surface area contributed by atoms with Crippen LogP contribution in [-0.4, -0.2) is 36.0 Å². The molecule has 0 unspecified atom stereocenters. The Hall–Kier alpha value is -2.11. The molecule has 1 aromatic heterocycles. The second-order valence-corrected chi connectivity index (χ2v) is 5.89. The van der Waals surface area contributed by atoms with E-state index in [1.54, 1.807) is 19.3 Å². The molecule has 0 fully saturated rings. The summed E-state index contributed by atoms with van der Waals surface area (Å²) in [6.45, 7) is 8.62. The van der Waals surface area contributed by atoms with Gasteiger partial charge in [0.05, 0.1) is 0 Å². The normalized spacial score (nSPS) is 12.0. The van der Waals surface area contributed by atoms with Crippen molar-refractivity contribution in [3.63, 3.8) is 0 Å². The Morgan fingerprint density at radius 1 is 1.33 bits per heavy atom. The highest BCUT2D eigenvalue weighted by Crippen LogP contribution is 2.04. The summed E-state index contributed by atoms with van der Waals surface area (Å²) in [4.78, 5) is 20.1. The van der Waals surface area contributed by atoms with Crippen LogP contribution in [0, 0.1) is 6.92 Å². The molecule has 0 aliphatic rings. The average Bonchev–Trinajstić information content (AvgIpc) is 2.39. The maximum Gasteiger partial charge on any atom is 0.227 e. The number of pyridine rings is 1. The number of aryl methyl sites for hydroxylation is 1. The van der Waals surface area contributed by atoms with Gasteiger partial charge in [0.2, 0.25) is 5.91 Å². The van der Waals surface area contributed by atoms with Crippen molar-refractivity contribution in [3.05, 3.63) is 23.9 Å². The quantitative estimate of drug-likeness (QED) is 0.582. The molecule has 1 aromatic rings. The Labute approximate surface area is 126 Å². The van der Waals surface area contributed by atoms with Gasteiger partial charge in [-0.1, -0.05) is 6.07 Å². The number of anilines is 1. The third-order valence-electron chi connectivity index (χ3n) is 2.54. The van der Waals surface area contributed by atoms with Gasteiger partial charge in [-0.05, 0) is 39.3 Å². The Morgan fingerprint density at radius 3 is 2.57 bits per heavy atom. The minimum absolute atomic E-state index is 0.0735. The molecule has 0 spiro atoms. The van der Waals surface area contributed by atoms with Crippen LogP contribution in [0.2, 0.25) is 0 Å². The lowest BCUT2D eigenvalue weighted by Crippen LogP contribution is -2.48. The Bertz CT molecular complexity index is 488. The van der Waals surface area contributed by atoms with E-state index in [0.29, 0.717) is 24.7 Å². The highest BCUT2D eigenvalue weighted by molar-refractivity contribution is 5.90. The van der Waals surface area contributed by atoms with Crippen LogP contribution >= 0.6 is 0 Å². The highest BCUT2D eigenvalue weighted by Gasteiger charge is 2.11. The third kappa shape index (κ3) is 7.29. The molecule has 0 aliphatic carbocycles. The lowest BCUT2D eigenvalue weighted by atomic mass is 10.1. The summed E-state index contributed by atoms with van der Waals surface area (Å²) < 4.78 is 0. The van der Waals surface area contributed by atoms with Crippen LogP contribution in [0.1, 0.15) is 32.8 Å². The fourth-order valence-corrected chi connectivity index (χ4v) is 1.58. The second kappa shape index (κ2) is 7.61. The van der Waals surface area contributed by atoms with E-state index in [9.17, 15) is 4.79 Å². The van der Waals surface area contributed by atoms with Gasteiger partial charge >= 0.3 is 0 Å². The first kappa shape index (κ1) is 16.9. The van der Waals surface area contributed by atoms with Crippen molar-refractivity contribution < 1.29 is 4.79 Å². The predicted octanol–water partition coefficient (Wildman–Crippen LogP) is 1.68. The largest absolute Gasteiger partial charge is 0.356 e. The number of hydrogen-bond donors (Lipinski definition) is 3. The van der Waals surface area contributed by atoms with Crippen molar-refractivity contribution >= 4 is 17.7 Å². The molecular weight excluding hydrogens is 266 g/mol. The molecule has 0 saturated carbocycles. The Balaban J connectivity index is 2.34. The maximum absolute atomic E-state index is 11.8. The number of nitrogens with one attached hydrogen (secondary N) is 3. The lowest BCUT2D eigenvalue weighted by Gasteiger charge is -2.23. The van der Waals surface area contributed by atoms with Crippen molar-refractivity contribution in [1.29, 1.82) is 0 Å². The number of guanidine groups is 1. The molecule has 0 saturated heterocycles. The van der Waals surface area contributed by atoms with Gasteiger partial charge in [-0.15, -0.1) is 0 Å². The Morgan fingerprint density at radius 2 is 2.05 bits per heavy atom. The van der Waals surface area contributed by atoms with Gasteiger partial charge in [-0.3, -0.25) is 9.79 Å². The molecule has 1 heterocycles. The molecule has 0 atom stereocenters. The first-order chi connectivity index (χ1) is 9.80. The second-order valence-electron chi connectivity index (χ2n) is 5.89. The molecule has 116 valence electrons. The molecule has 0 bridgehead atoms. The van der Waals surface area contributed by atoms with E-state index < -0.39 is 0 Å². The summed E-state index contributed by atoms with van der Waals surface area (Å²) in [7, 11) is 1.71. The number of carbonyl (C=O) groups excluding carboxylic acids is 1. The number of carbonyl (C=O) groups is 1. The number of amides is 1. The number of nitrogens with zero attached hydrogens (tertiary/aromatic N) is 2. The molecule has 0 aliphatic heterocycles. The smallest absolute Gasteiger partial charge is 0.227 e. The molecule has 0 radical (unpaired) electrons. The van der Waals surface area contributed by atoms with E-state index in [-0.39, 0.29) is 11.4 Å². The summed E-state index contributed by atoms with van der Waals surface area (Å²) in [5, 5.41) is 9.10. The van der Waals surface area contributed by atoms with Crippen molar-refractivity contribution in [3.8, 4) is 0 Å². The van der Waals surface area contributed by atoms with Crippen molar-refractivity contribution in [2.45, 2.75) is 39.7 Å². The van der Waals surface area contributed by atoms with Crippen LogP contribution in [0.5, 0.6) is 0 Å². The summed E-state index contributed by atoms with van der Waals surface area (Å²) in [6.07, 6.45) is 2.07. The summed E-state index contributed by atoms with van der Waals surface area (Å²) in [5.41, 5.74) is 0.988. The first-order valence-corrected chi connectivity index (χ1v) is 7.01. The van der Waals surface area contributed by atoms with E-state index >= 15 is 0 Å². The molecule has 6 nitrogen and oxygen atoms in total. The molecule has 1 amide bonds. The van der Waals surface area contributed by atoms with Crippen molar-refractivity contribution in [1.82, 2.24) is 15.6 Å². The predicted molar refractivity (Wildman–Crippen MR) is 86.5 cm³/mol. The average molecular weight is 291 g/mol. The fourth-order valence-electron chi connectivity index (χ4n) is 1.58. The van der Waals surface area contributed by atoms with Crippen LogP contribution in [0.25, 0.3) is 0 Å². The molecule has 21 heavy (non-hydrogen) atoms. The van der Waals surface area contributed by atoms with E-state index in [2.05, 4.69) is 46.7 Å². The molecule has 6 heteroatoms. The van der Waals surface area contributed by atoms with Gasteiger partial charge in [0.15, 0.2) is 5.96 Å². The van der Waals surface area contributed by atoms with E-state index in [1.807, 2.05) is 13.0 Å². The minimum atomic E-state index is -0.0786. The maximum atomic E-state index is 11.8. The minimum Gasteiger partial charge on any atom is -0.356 e. The lowest BCUT2D eigenvalue weighted by molar-refractivity contribution is -0.116. The summed E-state index contributed by atoms with van der Waals surface area (Å²) in [6, 6.07) is 3.71. The van der Waals surface area contributed by atoms with E-state index in [4.69, 9.17) is 0 Å². The number of hydrogen-bond acceptors (Lipinski definition) is 3. The third-order valence-corrected chi connectivity index (χ3v) is 2.54. The summed E-state index contributed by atoms with van der Waals surface area (Å²) >= 11 is 0. The van der Waals surface area contributed by atoms with Crippen LogP contribution in [0.4, 0.5) is 5.82 Å². The standard InChI is InChI=1S/C15H25N5O/c1-11-6-7-12(18-10-11)19-13(21)8-9-17-14(16-5)20-15(2,3)4/h6-7,10H,8-9H2,1-5H3,(H2,16,17,20)(H,18,19,21). The van der Waals surface area contributed by atoms with E-state index in [0.717, 1.165) is 5.56 Å².